The number of carbonyl (C=O) groups excluding carboxylic acids is 1. The summed E-state index contributed by atoms with van der Waals surface area (Å²) in [6.07, 6.45) is 1.41. The Morgan fingerprint density at radius 2 is 2.00 bits per heavy atom. The van der Waals surface area contributed by atoms with Crippen molar-refractivity contribution >= 4 is 23.6 Å². The lowest BCUT2D eigenvalue weighted by molar-refractivity contribution is 0.0943. The van der Waals surface area contributed by atoms with Crippen LogP contribution in [0.3, 0.4) is 0 Å². The SMILES string of the molecule is Cc1cc(C)n(C(=O)/C(C#N)=C/c2ccc(-c3ccc(C)c(Cl)c3)o2)n1. The van der Waals surface area contributed by atoms with Crippen LogP contribution >= 0.6 is 11.6 Å². The van der Waals surface area contributed by atoms with Crippen LogP contribution in [-0.4, -0.2) is 15.7 Å². The molecular formula is C20H16ClN3O2. The number of hydrogen-bond acceptors (Lipinski definition) is 4. The molecule has 2 heterocycles. The van der Waals surface area contributed by atoms with Crippen LogP contribution in [0.25, 0.3) is 17.4 Å². The highest BCUT2D eigenvalue weighted by atomic mass is 35.5. The maximum absolute atomic E-state index is 12.5. The van der Waals surface area contributed by atoms with Crippen molar-refractivity contribution in [1.29, 1.82) is 5.26 Å². The van der Waals surface area contributed by atoms with Crippen LogP contribution in [0.5, 0.6) is 0 Å². The lowest BCUT2D eigenvalue weighted by Crippen LogP contribution is -2.15. The summed E-state index contributed by atoms with van der Waals surface area (Å²) >= 11 is 6.15. The molecule has 0 saturated carbocycles. The molecule has 0 bridgehead atoms. The summed E-state index contributed by atoms with van der Waals surface area (Å²) in [6, 6.07) is 12.8. The highest BCUT2D eigenvalue weighted by Crippen LogP contribution is 2.27. The fraction of sp³-hybridized carbons (Fsp3) is 0.150. The number of carbonyl (C=O) groups is 1. The van der Waals surface area contributed by atoms with Crippen LogP contribution in [0.15, 0.2) is 46.4 Å². The first-order valence-corrected chi connectivity index (χ1v) is 8.33. The summed E-state index contributed by atoms with van der Waals surface area (Å²) in [5.41, 5.74) is 3.12. The minimum atomic E-state index is -0.491. The minimum absolute atomic E-state index is 0.0564. The van der Waals surface area contributed by atoms with Gasteiger partial charge in [0.2, 0.25) is 0 Å². The van der Waals surface area contributed by atoms with Crippen molar-refractivity contribution in [3.63, 3.8) is 0 Å². The van der Waals surface area contributed by atoms with Crippen molar-refractivity contribution in [3.8, 4) is 17.4 Å². The Morgan fingerprint density at radius 1 is 1.23 bits per heavy atom. The van der Waals surface area contributed by atoms with Gasteiger partial charge in [-0.05, 0) is 50.6 Å². The maximum atomic E-state index is 12.5. The van der Waals surface area contributed by atoms with Gasteiger partial charge in [0, 0.05) is 22.4 Å². The van der Waals surface area contributed by atoms with E-state index in [4.69, 9.17) is 16.0 Å². The summed E-state index contributed by atoms with van der Waals surface area (Å²) in [4.78, 5) is 12.5. The zero-order valence-corrected chi connectivity index (χ0v) is 15.3. The van der Waals surface area contributed by atoms with Gasteiger partial charge in [0.1, 0.15) is 23.2 Å². The van der Waals surface area contributed by atoms with E-state index in [2.05, 4.69) is 5.10 Å². The van der Waals surface area contributed by atoms with E-state index in [1.54, 1.807) is 32.0 Å². The molecule has 0 aliphatic rings. The Hall–Kier alpha value is -3.10. The number of nitrogens with zero attached hydrogens (tertiary/aromatic N) is 3. The molecule has 0 spiro atoms. The molecule has 3 aromatic rings. The van der Waals surface area contributed by atoms with E-state index >= 15 is 0 Å². The zero-order valence-electron chi connectivity index (χ0n) is 14.6. The predicted molar refractivity (Wildman–Crippen MR) is 99.8 cm³/mol. The highest BCUT2D eigenvalue weighted by Gasteiger charge is 2.16. The van der Waals surface area contributed by atoms with Crippen molar-refractivity contribution in [2.75, 3.05) is 0 Å². The smallest absolute Gasteiger partial charge is 0.289 e. The van der Waals surface area contributed by atoms with E-state index in [0.29, 0.717) is 27.9 Å². The molecule has 0 aliphatic heterocycles. The van der Waals surface area contributed by atoms with Gasteiger partial charge in [-0.25, -0.2) is 4.68 Å². The Kier molecular flexibility index (Phi) is 4.79. The van der Waals surface area contributed by atoms with Crippen LogP contribution < -0.4 is 0 Å². The number of rotatable bonds is 3. The average molecular weight is 366 g/mol. The van der Waals surface area contributed by atoms with Gasteiger partial charge in [0.25, 0.3) is 5.91 Å². The first-order valence-electron chi connectivity index (χ1n) is 7.95. The Balaban J connectivity index is 1.92. The lowest BCUT2D eigenvalue weighted by Gasteiger charge is -2.02. The second-order valence-electron chi connectivity index (χ2n) is 5.98. The van der Waals surface area contributed by atoms with E-state index in [1.807, 2.05) is 31.2 Å². The van der Waals surface area contributed by atoms with Crippen LogP contribution in [0.1, 0.15) is 27.5 Å². The average Bonchev–Trinajstić information content (AvgIpc) is 3.20. The van der Waals surface area contributed by atoms with Gasteiger partial charge in [-0.15, -0.1) is 0 Å². The first-order chi connectivity index (χ1) is 12.4. The van der Waals surface area contributed by atoms with Crippen molar-refractivity contribution in [2.45, 2.75) is 20.8 Å². The second kappa shape index (κ2) is 7.03. The zero-order chi connectivity index (χ0) is 18.8. The molecule has 0 aliphatic carbocycles. The van der Waals surface area contributed by atoms with Crippen LogP contribution in [0.2, 0.25) is 5.02 Å². The number of aromatic nitrogens is 2. The number of benzene rings is 1. The lowest BCUT2D eigenvalue weighted by atomic mass is 10.1. The topological polar surface area (TPSA) is 71.8 Å². The molecule has 5 nitrogen and oxygen atoms in total. The van der Waals surface area contributed by atoms with Crippen LogP contribution in [-0.2, 0) is 0 Å². The van der Waals surface area contributed by atoms with Gasteiger partial charge in [-0.1, -0.05) is 23.7 Å². The number of hydrogen-bond donors (Lipinski definition) is 0. The Bertz CT molecular complexity index is 1070. The second-order valence-corrected chi connectivity index (χ2v) is 6.39. The maximum Gasteiger partial charge on any atom is 0.289 e. The molecule has 0 unspecified atom stereocenters. The van der Waals surface area contributed by atoms with Gasteiger partial charge in [0.15, 0.2) is 0 Å². The first kappa shape index (κ1) is 17.7. The molecule has 0 fully saturated rings. The summed E-state index contributed by atoms with van der Waals surface area (Å²) < 4.78 is 6.97. The standard InChI is InChI=1S/C20H16ClN3O2/c1-12-4-5-15(10-18(12)21)19-7-6-17(26-19)9-16(11-22)20(25)24-14(3)8-13(2)23-24/h4-10H,1-3H3/b16-9+. The molecule has 6 heteroatoms. The molecular weight excluding hydrogens is 350 g/mol. The third-order valence-electron chi connectivity index (χ3n) is 3.92. The van der Waals surface area contributed by atoms with E-state index in [-0.39, 0.29) is 5.57 Å². The Morgan fingerprint density at radius 3 is 2.62 bits per heavy atom. The third kappa shape index (κ3) is 3.46. The summed E-state index contributed by atoms with van der Waals surface area (Å²) in [5.74, 6) is 0.520. The summed E-state index contributed by atoms with van der Waals surface area (Å²) in [7, 11) is 0. The number of aryl methyl sites for hydroxylation is 3. The molecule has 0 atom stereocenters. The van der Waals surface area contributed by atoms with Crippen molar-refractivity contribution in [2.24, 2.45) is 0 Å². The number of nitriles is 1. The molecule has 0 amide bonds. The van der Waals surface area contributed by atoms with Crippen molar-refractivity contribution < 1.29 is 9.21 Å². The van der Waals surface area contributed by atoms with Crippen molar-refractivity contribution in [1.82, 2.24) is 9.78 Å². The quantitative estimate of drug-likeness (QED) is 0.485. The molecule has 26 heavy (non-hydrogen) atoms. The summed E-state index contributed by atoms with van der Waals surface area (Å²) in [6.45, 7) is 5.48. The predicted octanol–water partition coefficient (Wildman–Crippen LogP) is 4.97. The van der Waals surface area contributed by atoms with Gasteiger partial charge >= 0.3 is 0 Å². The number of furan rings is 1. The van der Waals surface area contributed by atoms with Gasteiger partial charge < -0.3 is 4.42 Å². The molecule has 130 valence electrons. The monoisotopic (exact) mass is 365 g/mol. The van der Waals surface area contributed by atoms with Gasteiger partial charge in [-0.3, -0.25) is 4.79 Å². The fourth-order valence-electron chi connectivity index (χ4n) is 2.56. The largest absolute Gasteiger partial charge is 0.457 e. The molecule has 0 N–H and O–H groups in total. The minimum Gasteiger partial charge on any atom is -0.457 e. The van der Waals surface area contributed by atoms with Crippen LogP contribution in [0.4, 0.5) is 0 Å². The van der Waals surface area contributed by atoms with E-state index in [9.17, 15) is 10.1 Å². The van der Waals surface area contributed by atoms with Crippen molar-refractivity contribution in [3.05, 3.63) is 69.7 Å². The molecule has 0 saturated heterocycles. The highest BCUT2D eigenvalue weighted by molar-refractivity contribution is 6.31. The van der Waals surface area contributed by atoms with Gasteiger partial charge in [0.05, 0.1) is 5.69 Å². The molecule has 3 rings (SSSR count). The van der Waals surface area contributed by atoms with E-state index in [1.165, 1.54) is 10.8 Å². The fourth-order valence-corrected chi connectivity index (χ4v) is 2.74. The van der Waals surface area contributed by atoms with Crippen LogP contribution in [0, 0.1) is 32.1 Å². The number of halogens is 1. The van der Waals surface area contributed by atoms with Gasteiger partial charge in [-0.2, -0.15) is 10.4 Å². The summed E-state index contributed by atoms with van der Waals surface area (Å²) in [5, 5.41) is 14.1. The van der Waals surface area contributed by atoms with E-state index in [0.717, 1.165) is 11.1 Å². The third-order valence-corrected chi connectivity index (χ3v) is 4.33. The molecule has 0 radical (unpaired) electrons. The molecule has 1 aromatic carbocycles. The normalized spacial score (nSPS) is 11.4. The number of allylic oxidation sites excluding steroid dienone is 1. The van der Waals surface area contributed by atoms with E-state index < -0.39 is 5.91 Å². The molecule has 2 aromatic heterocycles. The Labute approximate surface area is 156 Å².